The fraction of sp³-hybridized carbons (Fsp3) is 0.0769. The van der Waals surface area contributed by atoms with Crippen LogP contribution >= 0.6 is 112 Å². The molecule has 0 spiro atoms. The van der Waals surface area contributed by atoms with Crippen LogP contribution in [0.25, 0.3) is 0 Å². The van der Waals surface area contributed by atoms with Crippen molar-refractivity contribution in [3.05, 3.63) is 60.6 Å². The molecule has 0 unspecified atom stereocenters. The minimum absolute atomic E-state index is 0.817. The van der Waals surface area contributed by atoms with Crippen molar-refractivity contribution in [2.45, 2.75) is 6.42 Å². The minimum Gasteiger partial charge on any atom is -0.0564 e. The Kier molecular flexibility index (Phi) is 6.88. The smallest absolute Gasteiger partial charge is 0.0473 e. The van der Waals surface area contributed by atoms with Crippen molar-refractivity contribution in [1.29, 1.82) is 0 Å². The Labute approximate surface area is 176 Å². The van der Waals surface area contributed by atoms with Crippen molar-refractivity contribution in [3.8, 4) is 0 Å². The second-order valence-corrected chi connectivity index (χ2v) is 9.64. The number of hydrogen-bond acceptors (Lipinski definition) is 0. The van der Waals surface area contributed by atoms with Crippen LogP contribution in [-0.4, -0.2) is 0 Å². The van der Waals surface area contributed by atoms with Crippen LogP contribution < -0.4 is 0 Å². The highest BCUT2D eigenvalue weighted by molar-refractivity contribution is 9.15. The lowest BCUT2D eigenvalue weighted by molar-refractivity contribution is 1.14. The Balaban J connectivity index is 2.48. The summed E-state index contributed by atoms with van der Waals surface area (Å²) >= 11 is 25.1. The van der Waals surface area contributed by atoms with Crippen LogP contribution in [0.5, 0.6) is 0 Å². The van der Waals surface area contributed by atoms with Crippen molar-refractivity contribution in [3.63, 3.8) is 0 Å². The zero-order chi connectivity index (χ0) is 15.0. The van der Waals surface area contributed by atoms with Gasteiger partial charge >= 0.3 is 0 Å². The molecular weight excluding hydrogens is 715 g/mol. The fourth-order valence-corrected chi connectivity index (χ4v) is 5.37. The first kappa shape index (κ1) is 18.1. The van der Waals surface area contributed by atoms with Gasteiger partial charge in [0.15, 0.2) is 0 Å². The average molecular weight is 721 g/mol. The molecule has 0 aliphatic rings. The second-order valence-electron chi connectivity index (χ2n) is 3.97. The molecule has 0 saturated heterocycles. The standard InChI is InChI=1S/C13H5Br7/c14-7-2-1-5(9(16)11(7)18)3-6-4-8(15)12(19)13(20)10(6)17/h1-2,4H,3H2. The second kappa shape index (κ2) is 7.58. The molecule has 0 atom stereocenters. The molecule has 0 nitrogen and oxygen atoms in total. The quantitative estimate of drug-likeness (QED) is 0.216. The highest BCUT2D eigenvalue weighted by atomic mass is 79.9. The van der Waals surface area contributed by atoms with Crippen LogP contribution in [0.4, 0.5) is 0 Å². The lowest BCUT2D eigenvalue weighted by Gasteiger charge is -2.12. The van der Waals surface area contributed by atoms with Crippen LogP contribution in [0.1, 0.15) is 11.1 Å². The van der Waals surface area contributed by atoms with E-state index in [2.05, 4.69) is 124 Å². The molecule has 2 rings (SSSR count). The van der Waals surface area contributed by atoms with Gasteiger partial charge in [-0.1, -0.05) is 6.07 Å². The Hall–Kier alpha value is 1.80. The molecule has 0 fully saturated rings. The molecule has 0 amide bonds. The summed E-state index contributed by atoms with van der Waals surface area (Å²) in [6.45, 7) is 0. The predicted octanol–water partition coefficient (Wildman–Crippen LogP) is 8.61. The molecule has 0 aliphatic heterocycles. The SMILES string of the molecule is Brc1ccc(Cc2cc(Br)c(Br)c(Br)c2Br)c(Br)c1Br. The molecule has 0 N–H and O–H groups in total. The summed E-state index contributed by atoms with van der Waals surface area (Å²) in [5, 5.41) is 0. The third-order valence-corrected chi connectivity index (χ3v) is 10.9. The van der Waals surface area contributed by atoms with Crippen molar-refractivity contribution >= 4 is 112 Å². The van der Waals surface area contributed by atoms with Gasteiger partial charge in [-0.25, -0.2) is 0 Å². The third-order valence-electron chi connectivity index (χ3n) is 2.67. The number of halogens is 7. The van der Waals surface area contributed by atoms with Gasteiger partial charge in [0.25, 0.3) is 0 Å². The molecule has 0 bridgehead atoms. The molecule has 106 valence electrons. The average Bonchev–Trinajstić information content (AvgIpc) is 2.42. The van der Waals surface area contributed by atoms with E-state index in [0.717, 1.165) is 37.7 Å². The van der Waals surface area contributed by atoms with E-state index in [1.165, 1.54) is 11.1 Å². The van der Waals surface area contributed by atoms with Crippen LogP contribution in [0.15, 0.2) is 49.5 Å². The van der Waals surface area contributed by atoms with Gasteiger partial charge in [0.1, 0.15) is 0 Å². The van der Waals surface area contributed by atoms with Crippen molar-refractivity contribution < 1.29 is 0 Å². The lowest BCUT2D eigenvalue weighted by atomic mass is 10.1. The molecule has 20 heavy (non-hydrogen) atoms. The maximum Gasteiger partial charge on any atom is 0.0473 e. The van der Waals surface area contributed by atoms with E-state index in [-0.39, 0.29) is 0 Å². The van der Waals surface area contributed by atoms with E-state index in [0.29, 0.717) is 0 Å². The summed E-state index contributed by atoms with van der Waals surface area (Å²) in [6, 6.07) is 6.26. The van der Waals surface area contributed by atoms with Crippen molar-refractivity contribution in [2.75, 3.05) is 0 Å². The zero-order valence-corrected chi connectivity index (χ0v) is 20.7. The van der Waals surface area contributed by atoms with Crippen molar-refractivity contribution in [2.24, 2.45) is 0 Å². The zero-order valence-electron chi connectivity index (χ0n) is 9.58. The molecule has 0 radical (unpaired) electrons. The van der Waals surface area contributed by atoms with E-state index < -0.39 is 0 Å². The molecular formula is C13H5Br7. The van der Waals surface area contributed by atoms with Crippen LogP contribution in [-0.2, 0) is 6.42 Å². The van der Waals surface area contributed by atoms with E-state index in [1.807, 2.05) is 6.07 Å². The summed E-state index contributed by atoms with van der Waals surface area (Å²) in [6.07, 6.45) is 0.817. The molecule has 0 saturated carbocycles. The summed E-state index contributed by atoms with van der Waals surface area (Å²) < 4.78 is 7.22. The first-order valence-electron chi connectivity index (χ1n) is 5.27. The van der Waals surface area contributed by atoms with Crippen molar-refractivity contribution in [1.82, 2.24) is 0 Å². The largest absolute Gasteiger partial charge is 0.0564 e. The summed E-state index contributed by atoms with van der Waals surface area (Å²) in [4.78, 5) is 0. The maximum atomic E-state index is 3.65. The molecule has 7 heteroatoms. The van der Waals surface area contributed by atoms with Gasteiger partial charge in [0.05, 0.1) is 0 Å². The molecule has 0 aliphatic carbocycles. The maximum absolute atomic E-state index is 3.65. The topological polar surface area (TPSA) is 0 Å². The first-order valence-corrected chi connectivity index (χ1v) is 10.8. The Morgan fingerprint density at radius 3 is 1.75 bits per heavy atom. The normalized spacial score (nSPS) is 10.9. The van der Waals surface area contributed by atoms with Gasteiger partial charge in [0.2, 0.25) is 0 Å². The van der Waals surface area contributed by atoms with Gasteiger partial charge in [0, 0.05) is 31.3 Å². The fourth-order valence-electron chi connectivity index (χ4n) is 1.66. The van der Waals surface area contributed by atoms with Crippen LogP contribution in [0, 0.1) is 0 Å². The highest BCUT2D eigenvalue weighted by Gasteiger charge is 2.14. The predicted molar refractivity (Wildman–Crippen MR) is 110 cm³/mol. The van der Waals surface area contributed by atoms with Gasteiger partial charge in [-0.15, -0.1) is 0 Å². The van der Waals surface area contributed by atoms with Gasteiger partial charge in [-0.3, -0.25) is 0 Å². The van der Waals surface area contributed by atoms with E-state index in [9.17, 15) is 0 Å². The Bertz CT molecular complexity index is 679. The molecule has 2 aromatic rings. The Morgan fingerprint density at radius 2 is 1.10 bits per heavy atom. The lowest BCUT2D eigenvalue weighted by Crippen LogP contribution is -1.94. The van der Waals surface area contributed by atoms with Crippen LogP contribution in [0.2, 0.25) is 0 Å². The van der Waals surface area contributed by atoms with Gasteiger partial charge in [-0.05, 0) is 141 Å². The first-order chi connectivity index (χ1) is 9.32. The van der Waals surface area contributed by atoms with Gasteiger partial charge < -0.3 is 0 Å². The molecule has 0 heterocycles. The summed E-state index contributed by atoms with van der Waals surface area (Å²) in [5.41, 5.74) is 2.41. The molecule has 0 aromatic heterocycles. The third kappa shape index (κ3) is 3.82. The van der Waals surface area contributed by atoms with E-state index in [4.69, 9.17) is 0 Å². The number of rotatable bonds is 2. The minimum atomic E-state index is 0.817. The monoisotopic (exact) mass is 713 g/mol. The highest BCUT2D eigenvalue weighted by Crippen LogP contribution is 2.41. The summed E-state index contributed by atoms with van der Waals surface area (Å²) in [7, 11) is 0. The number of hydrogen-bond donors (Lipinski definition) is 0. The van der Waals surface area contributed by atoms with Gasteiger partial charge in [-0.2, -0.15) is 0 Å². The summed E-state index contributed by atoms with van der Waals surface area (Å²) in [5.74, 6) is 0. The van der Waals surface area contributed by atoms with Crippen LogP contribution in [0.3, 0.4) is 0 Å². The molecule has 2 aromatic carbocycles. The van der Waals surface area contributed by atoms with E-state index >= 15 is 0 Å². The number of benzene rings is 2. The Morgan fingerprint density at radius 1 is 0.550 bits per heavy atom. The van der Waals surface area contributed by atoms with E-state index in [1.54, 1.807) is 0 Å².